The Bertz CT molecular complexity index is 1130. The van der Waals surface area contributed by atoms with Gasteiger partial charge in [-0.3, -0.25) is 9.59 Å². The number of aryl methyl sites for hydroxylation is 1. The summed E-state index contributed by atoms with van der Waals surface area (Å²) >= 11 is 0. The van der Waals surface area contributed by atoms with Crippen LogP contribution in [0.25, 0.3) is 0 Å². The third kappa shape index (κ3) is 4.82. The predicted molar refractivity (Wildman–Crippen MR) is 119 cm³/mol. The SMILES string of the molecule is COc1ccc([C@H]2CN(C(=O)c3ccccc3OCc3nonc3C)CCN2C(C)=O)cc1. The van der Waals surface area contributed by atoms with E-state index in [0.717, 1.165) is 11.3 Å². The highest BCUT2D eigenvalue weighted by Gasteiger charge is 2.33. The van der Waals surface area contributed by atoms with Gasteiger partial charge in [-0.2, -0.15) is 0 Å². The molecule has 1 saturated heterocycles. The van der Waals surface area contributed by atoms with Crippen LogP contribution in [0.3, 0.4) is 0 Å². The first kappa shape index (κ1) is 22.3. The van der Waals surface area contributed by atoms with E-state index in [4.69, 9.17) is 14.1 Å². The molecule has 4 rings (SSSR count). The fourth-order valence-electron chi connectivity index (χ4n) is 3.92. The maximum absolute atomic E-state index is 13.5. The number of hydrogen-bond donors (Lipinski definition) is 0. The zero-order chi connectivity index (χ0) is 23.4. The molecule has 0 radical (unpaired) electrons. The molecule has 9 heteroatoms. The number of benzene rings is 2. The normalized spacial score (nSPS) is 15.9. The molecule has 1 aliphatic rings. The van der Waals surface area contributed by atoms with Crippen molar-refractivity contribution in [2.45, 2.75) is 26.5 Å². The van der Waals surface area contributed by atoms with E-state index in [1.807, 2.05) is 30.3 Å². The first-order valence-corrected chi connectivity index (χ1v) is 10.7. The Labute approximate surface area is 191 Å². The number of nitrogens with zero attached hydrogens (tertiary/aromatic N) is 4. The molecule has 1 aromatic heterocycles. The predicted octanol–water partition coefficient (Wildman–Crippen LogP) is 3.01. The van der Waals surface area contributed by atoms with Gasteiger partial charge in [-0.15, -0.1) is 0 Å². The summed E-state index contributed by atoms with van der Waals surface area (Å²) in [6, 6.07) is 14.4. The standard InChI is InChI=1S/C24H26N4O5/c1-16-21(26-33-25-16)15-32-23-7-5-4-6-20(23)24(30)27-12-13-28(17(2)29)22(14-27)18-8-10-19(31-3)11-9-18/h4-11,22H,12-15H2,1-3H3/t22-/m1/s1. The monoisotopic (exact) mass is 450 g/mol. The number of amides is 2. The average molecular weight is 450 g/mol. The second kappa shape index (κ2) is 9.72. The van der Waals surface area contributed by atoms with E-state index in [0.29, 0.717) is 42.3 Å². The molecule has 1 atom stereocenters. The lowest BCUT2D eigenvalue weighted by atomic mass is 10.0. The molecular formula is C24H26N4O5. The highest BCUT2D eigenvalue weighted by atomic mass is 16.6. The van der Waals surface area contributed by atoms with Crippen molar-refractivity contribution in [3.63, 3.8) is 0 Å². The van der Waals surface area contributed by atoms with Crippen molar-refractivity contribution in [1.29, 1.82) is 0 Å². The number of carbonyl (C=O) groups is 2. The van der Waals surface area contributed by atoms with E-state index in [-0.39, 0.29) is 24.5 Å². The lowest BCUT2D eigenvalue weighted by Crippen LogP contribution is -2.51. The minimum absolute atomic E-state index is 0.0248. The van der Waals surface area contributed by atoms with Gasteiger partial charge < -0.3 is 19.3 Å². The summed E-state index contributed by atoms with van der Waals surface area (Å²) < 4.78 is 15.8. The number of methoxy groups -OCH3 is 1. The topological polar surface area (TPSA) is 98.0 Å². The zero-order valence-electron chi connectivity index (χ0n) is 18.9. The number of hydrogen-bond acceptors (Lipinski definition) is 7. The van der Waals surface area contributed by atoms with Crippen LogP contribution in [0, 0.1) is 6.92 Å². The van der Waals surface area contributed by atoms with Gasteiger partial charge in [-0.1, -0.05) is 34.6 Å². The van der Waals surface area contributed by atoms with Gasteiger partial charge in [0.05, 0.1) is 18.7 Å². The van der Waals surface area contributed by atoms with Crippen molar-refractivity contribution in [3.05, 3.63) is 71.0 Å². The Kier molecular flexibility index (Phi) is 6.58. The maximum Gasteiger partial charge on any atom is 0.257 e. The lowest BCUT2D eigenvalue weighted by molar-refractivity contribution is -0.133. The van der Waals surface area contributed by atoms with Crippen LogP contribution in [0.15, 0.2) is 53.2 Å². The fraction of sp³-hybridized carbons (Fsp3) is 0.333. The number of para-hydroxylation sites is 1. The molecule has 9 nitrogen and oxygen atoms in total. The summed E-state index contributed by atoms with van der Waals surface area (Å²) in [5.41, 5.74) is 2.62. The molecule has 2 aromatic carbocycles. The van der Waals surface area contributed by atoms with Gasteiger partial charge in [0.1, 0.15) is 29.5 Å². The third-order valence-corrected chi connectivity index (χ3v) is 5.80. The van der Waals surface area contributed by atoms with E-state index in [1.54, 1.807) is 49.0 Å². The minimum atomic E-state index is -0.247. The Balaban J connectivity index is 1.54. The van der Waals surface area contributed by atoms with Crippen molar-refractivity contribution >= 4 is 11.8 Å². The van der Waals surface area contributed by atoms with Crippen molar-refractivity contribution in [2.75, 3.05) is 26.7 Å². The molecule has 172 valence electrons. The summed E-state index contributed by atoms with van der Waals surface area (Å²) in [5, 5.41) is 7.57. The molecule has 0 spiro atoms. The van der Waals surface area contributed by atoms with E-state index >= 15 is 0 Å². The van der Waals surface area contributed by atoms with E-state index < -0.39 is 0 Å². The van der Waals surface area contributed by atoms with Crippen LogP contribution in [0.2, 0.25) is 0 Å². The van der Waals surface area contributed by atoms with Crippen LogP contribution >= 0.6 is 0 Å². The molecule has 0 saturated carbocycles. The summed E-state index contributed by atoms with van der Waals surface area (Å²) in [6.45, 7) is 4.74. The first-order chi connectivity index (χ1) is 16.0. The van der Waals surface area contributed by atoms with Crippen molar-refractivity contribution in [1.82, 2.24) is 20.1 Å². The molecule has 1 fully saturated rings. The minimum Gasteiger partial charge on any atom is -0.497 e. The average Bonchev–Trinajstić information content (AvgIpc) is 3.26. The highest BCUT2D eigenvalue weighted by molar-refractivity contribution is 5.97. The van der Waals surface area contributed by atoms with Crippen LogP contribution in [0.4, 0.5) is 0 Å². The van der Waals surface area contributed by atoms with E-state index in [2.05, 4.69) is 10.3 Å². The van der Waals surface area contributed by atoms with E-state index in [1.165, 1.54) is 0 Å². The van der Waals surface area contributed by atoms with Gasteiger partial charge in [0.25, 0.3) is 5.91 Å². The fourth-order valence-corrected chi connectivity index (χ4v) is 3.92. The zero-order valence-corrected chi connectivity index (χ0v) is 18.9. The number of ether oxygens (including phenoxy) is 2. The van der Waals surface area contributed by atoms with Gasteiger partial charge in [0, 0.05) is 26.6 Å². The number of carbonyl (C=O) groups excluding carboxylic acids is 2. The largest absolute Gasteiger partial charge is 0.497 e. The summed E-state index contributed by atoms with van der Waals surface area (Å²) in [5.74, 6) is 1.02. The number of piperazine rings is 1. The molecule has 0 N–H and O–H groups in total. The van der Waals surface area contributed by atoms with Gasteiger partial charge >= 0.3 is 0 Å². The molecule has 0 bridgehead atoms. The van der Waals surface area contributed by atoms with Crippen LogP contribution in [-0.2, 0) is 11.4 Å². The lowest BCUT2D eigenvalue weighted by Gasteiger charge is -2.41. The molecule has 1 aliphatic heterocycles. The Morgan fingerprint density at radius 3 is 2.52 bits per heavy atom. The molecule has 33 heavy (non-hydrogen) atoms. The maximum atomic E-state index is 13.5. The Morgan fingerprint density at radius 1 is 1.09 bits per heavy atom. The molecule has 2 heterocycles. The van der Waals surface area contributed by atoms with Gasteiger partial charge in [-0.05, 0) is 36.8 Å². The second-order valence-corrected chi connectivity index (χ2v) is 7.83. The van der Waals surface area contributed by atoms with Crippen LogP contribution in [0.5, 0.6) is 11.5 Å². The molecule has 0 unspecified atom stereocenters. The van der Waals surface area contributed by atoms with Gasteiger partial charge in [0.2, 0.25) is 5.91 Å². The summed E-state index contributed by atoms with van der Waals surface area (Å²) in [7, 11) is 1.61. The first-order valence-electron chi connectivity index (χ1n) is 10.7. The van der Waals surface area contributed by atoms with Crippen LogP contribution < -0.4 is 9.47 Å². The Hall–Kier alpha value is -3.88. The van der Waals surface area contributed by atoms with Crippen LogP contribution in [-0.4, -0.2) is 58.7 Å². The quantitative estimate of drug-likeness (QED) is 0.569. The van der Waals surface area contributed by atoms with Crippen LogP contribution in [0.1, 0.15) is 40.3 Å². The van der Waals surface area contributed by atoms with Gasteiger partial charge in [-0.25, -0.2) is 4.63 Å². The third-order valence-electron chi connectivity index (χ3n) is 5.80. The van der Waals surface area contributed by atoms with Gasteiger partial charge in [0.15, 0.2) is 0 Å². The summed E-state index contributed by atoms with van der Waals surface area (Å²) in [6.07, 6.45) is 0. The van der Waals surface area contributed by atoms with Crippen molar-refractivity contribution in [2.24, 2.45) is 0 Å². The molecule has 2 amide bonds. The molecule has 3 aromatic rings. The Morgan fingerprint density at radius 2 is 1.85 bits per heavy atom. The smallest absolute Gasteiger partial charge is 0.257 e. The van der Waals surface area contributed by atoms with Crippen molar-refractivity contribution in [3.8, 4) is 11.5 Å². The van der Waals surface area contributed by atoms with E-state index in [9.17, 15) is 9.59 Å². The summed E-state index contributed by atoms with van der Waals surface area (Å²) in [4.78, 5) is 29.3. The number of aromatic nitrogens is 2. The molecule has 0 aliphatic carbocycles. The highest BCUT2D eigenvalue weighted by Crippen LogP contribution is 2.29. The van der Waals surface area contributed by atoms with Crippen molar-refractivity contribution < 1.29 is 23.7 Å². The molecular weight excluding hydrogens is 424 g/mol. The second-order valence-electron chi connectivity index (χ2n) is 7.83. The number of rotatable bonds is 6.